The number of H-pyrrole nitrogens is 2. The van der Waals surface area contributed by atoms with Crippen LogP contribution in [0.15, 0.2) is 29.2 Å². The molecule has 1 fully saturated rings. The van der Waals surface area contributed by atoms with Crippen LogP contribution in [-0.2, 0) is 20.6 Å². The SMILES string of the molecule is CCOc1nn(C)c(CN(C)[C@H]2CCNC2)c1/C=C/c1[nH]nc2ccc(-c3c[nH]n(C)c3=O)cc12. The minimum atomic E-state index is -0.0622. The predicted molar refractivity (Wildman–Crippen MR) is 137 cm³/mol. The highest BCUT2D eigenvalue weighted by Crippen LogP contribution is 2.28. The van der Waals surface area contributed by atoms with E-state index in [1.54, 1.807) is 13.2 Å². The normalized spacial score (nSPS) is 16.3. The molecule has 35 heavy (non-hydrogen) atoms. The third-order valence-electron chi connectivity index (χ3n) is 6.76. The average Bonchev–Trinajstić information content (AvgIpc) is 3.63. The number of aryl methyl sites for hydroxylation is 2. The number of fused-ring (bicyclic) bond motifs is 1. The molecule has 0 radical (unpaired) electrons. The van der Waals surface area contributed by atoms with Gasteiger partial charge in [0.2, 0.25) is 5.88 Å². The molecule has 0 amide bonds. The second-order valence-electron chi connectivity index (χ2n) is 9.04. The van der Waals surface area contributed by atoms with Crippen LogP contribution in [0, 0.1) is 0 Å². The Morgan fingerprint density at radius 1 is 1.29 bits per heavy atom. The summed E-state index contributed by atoms with van der Waals surface area (Å²) in [7, 11) is 5.83. The average molecular weight is 477 g/mol. The van der Waals surface area contributed by atoms with E-state index in [0.717, 1.165) is 59.5 Å². The molecule has 4 heterocycles. The van der Waals surface area contributed by atoms with Crippen molar-refractivity contribution in [1.82, 2.24) is 40.0 Å². The van der Waals surface area contributed by atoms with Crippen LogP contribution in [-0.4, -0.2) is 67.4 Å². The van der Waals surface area contributed by atoms with Crippen LogP contribution in [0.25, 0.3) is 34.2 Å². The number of aromatic nitrogens is 6. The van der Waals surface area contributed by atoms with E-state index in [-0.39, 0.29) is 5.56 Å². The van der Waals surface area contributed by atoms with Crippen LogP contribution in [0.5, 0.6) is 5.88 Å². The van der Waals surface area contributed by atoms with Crippen molar-refractivity contribution in [2.24, 2.45) is 14.1 Å². The van der Waals surface area contributed by atoms with Gasteiger partial charge in [0.1, 0.15) is 0 Å². The van der Waals surface area contributed by atoms with Crippen LogP contribution in [0.4, 0.5) is 0 Å². The highest BCUT2D eigenvalue weighted by molar-refractivity contribution is 5.92. The topological polar surface area (TPSA) is 109 Å². The molecule has 0 saturated carbocycles. The number of benzene rings is 1. The largest absolute Gasteiger partial charge is 0.476 e. The summed E-state index contributed by atoms with van der Waals surface area (Å²) < 4.78 is 9.25. The molecule has 3 N–H and O–H groups in total. The fourth-order valence-electron chi connectivity index (χ4n) is 4.69. The van der Waals surface area contributed by atoms with Gasteiger partial charge in [0.05, 0.1) is 34.6 Å². The Hall–Kier alpha value is -3.63. The highest BCUT2D eigenvalue weighted by Gasteiger charge is 2.23. The molecule has 0 unspecified atom stereocenters. The standard InChI is InChI=1S/C25H32N8O2/c1-5-35-24-18(23(32(3)30-24)15-31(2)17-10-11-26-13-17)7-9-22-19-12-16(6-8-21(19)28-29-22)20-14-27-33(4)25(20)34/h6-9,12,14,17,26-27H,5,10-11,13,15H2,1-4H3,(H,28,29)/b9-7+/t17-/m0/s1. The molecule has 5 rings (SSSR count). The summed E-state index contributed by atoms with van der Waals surface area (Å²) in [4.78, 5) is 14.8. The highest BCUT2D eigenvalue weighted by atomic mass is 16.5. The van der Waals surface area contributed by atoms with Gasteiger partial charge in [0.15, 0.2) is 0 Å². The number of nitrogens with one attached hydrogen (secondary N) is 3. The third kappa shape index (κ3) is 4.42. The Morgan fingerprint density at radius 3 is 2.86 bits per heavy atom. The second-order valence-corrected chi connectivity index (χ2v) is 9.04. The molecule has 10 nitrogen and oxygen atoms in total. The van der Waals surface area contributed by atoms with Gasteiger partial charge in [0, 0.05) is 44.8 Å². The Bertz CT molecular complexity index is 1420. The van der Waals surface area contributed by atoms with Crippen molar-refractivity contribution in [3.63, 3.8) is 0 Å². The van der Waals surface area contributed by atoms with E-state index in [1.807, 2.05) is 49.0 Å². The molecular weight excluding hydrogens is 444 g/mol. The molecule has 1 atom stereocenters. The van der Waals surface area contributed by atoms with E-state index >= 15 is 0 Å². The molecule has 3 aromatic heterocycles. The lowest BCUT2D eigenvalue weighted by Crippen LogP contribution is -2.33. The van der Waals surface area contributed by atoms with Gasteiger partial charge in [-0.2, -0.15) is 5.10 Å². The van der Waals surface area contributed by atoms with Gasteiger partial charge in [-0.1, -0.05) is 6.07 Å². The molecule has 0 bridgehead atoms. The van der Waals surface area contributed by atoms with Crippen LogP contribution in [0.1, 0.15) is 30.3 Å². The first-order valence-electron chi connectivity index (χ1n) is 12.0. The third-order valence-corrected chi connectivity index (χ3v) is 6.76. The van der Waals surface area contributed by atoms with E-state index in [0.29, 0.717) is 24.1 Å². The molecule has 0 aliphatic carbocycles. The van der Waals surface area contributed by atoms with Crippen LogP contribution >= 0.6 is 0 Å². The van der Waals surface area contributed by atoms with E-state index in [2.05, 4.69) is 37.7 Å². The lowest BCUT2D eigenvalue weighted by molar-refractivity contribution is 0.242. The van der Waals surface area contributed by atoms with Crippen molar-refractivity contribution in [2.45, 2.75) is 25.9 Å². The fraction of sp³-hybridized carbons (Fsp3) is 0.400. The van der Waals surface area contributed by atoms with Crippen LogP contribution in [0.3, 0.4) is 0 Å². The summed E-state index contributed by atoms with van der Waals surface area (Å²) in [6, 6.07) is 6.35. The van der Waals surface area contributed by atoms with Gasteiger partial charge in [0.25, 0.3) is 5.56 Å². The number of hydrogen-bond acceptors (Lipinski definition) is 6. The summed E-state index contributed by atoms with van der Waals surface area (Å²) >= 11 is 0. The summed E-state index contributed by atoms with van der Waals surface area (Å²) in [6.45, 7) is 5.34. The number of rotatable bonds is 8. The Kier molecular flexibility index (Phi) is 6.31. The first-order chi connectivity index (χ1) is 17.0. The van der Waals surface area contributed by atoms with Crippen molar-refractivity contribution < 1.29 is 4.74 Å². The molecule has 4 aromatic rings. The van der Waals surface area contributed by atoms with E-state index in [9.17, 15) is 4.79 Å². The lowest BCUT2D eigenvalue weighted by Gasteiger charge is -2.23. The number of aromatic amines is 2. The van der Waals surface area contributed by atoms with Gasteiger partial charge < -0.3 is 15.2 Å². The van der Waals surface area contributed by atoms with Gasteiger partial charge in [-0.05, 0) is 56.8 Å². The Morgan fingerprint density at radius 2 is 2.14 bits per heavy atom. The first kappa shape index (κ1) is 23.1. The van der Waals surface area contributed by atoms with Crippen molar-refractivity contribution in [3.05, 3.63) is 51.7 Å². The Balaban J connectivity index is 1.50. The first-order valence-corrected chi connectivity index (χ1v) is 12.0. The number of nitrogens with zero attached hydrogens (tertiary/aromatic N) is 5. The zero-order chi connectivity index (χ0) is 24.5. The number of likely N-dealkylation sites (N-methyl/N-ethyl adjacent to an activating group) is 1. The summed E-state index contributed by atoms with van der Waals surface area (Å²) in [5.74, 6) is 0.625. The van der Waals surface area contributed by atoms with E-state index in [1.165, 1.54) is 4.68 Å². The second kappa shape index (κ2) is 9.55. The molecule has 184 valence electrons. The molecule has 1 aliphatic rings. The van der Waals surface area contributed by atoms with Gasteiger partial charge in [-0.15, -0.1) is 5.10 Å². The quantitative estimate of drug-likeness (QED) is 0.360. The maximum Gasteiger partial charge on any atom is 0.274 e. The van der Waals surface area contributed by atoms with E-state index < -0.39 is 0 Å². The van der Waals surface area contributed by atoms with Crippen molar-refractivity contribution in [3.8, 4) is 17.0 Å². The molecule has 1 aromatic carbocycles. The minimum absolute atomic E-state index is 0.0622. The summed E-state index contributed by atoms with van der Waals surface area (Å²) in [5.41, 5.74) is 5.17. The monoisotopic (exact) mass is 476 g/mol. The predicted octanol–water partition coefficient (Wildman–Crippen LogP) is 2.35. The van der Waals surface area contributed by atoms with Gasteiger partial charge in [-0.3, -0.25) is 24.2 Å². The van der Waals surface area contributed by atoms with E-state index in [4.69, 9.17) is 4.74 Å². The fourth-order valence-corrected chi connectivity index (χ4v) is 4.69. The molecular formula is C25H32N8O2. The van der Waals surface area contributed by atoms with Gasteiger partial charge in [-0.25, -0.2) is 0 Å². The molecule has 1 saturated heterocycles. The zero-order valence-corrected chi connectivity index (χ0v) is 20.6. The maximum absolute atomic E-state index is 12.4. The lowest BCUT2D eigenvalue weighted by atomic mass is 10.1. The molecule has 0 spiro atoms. The minimum Gasteiger partial charge on any atom is -0.476 e. The zero-order valence-electron chi connectivity index (χ0n) is 20.6. The summed E-state index contributed by atoms with van der Waals surface area (Å²) in [6.07, 6.45) is 6.92. The van der Waals surface area contributed by atoms with Crippen LogP contribution < -0.4 is 15.6 Å². The van der Waals surface area contributed by atoms with Crippen molar-refractivity contribution in [1.29, 1.82) is 0 Å². The number of hydrogen-bond donors (Lipinski definition) is 3. The van der Waals surface area contributed by atoms with Gasteiger partial charge >= 0.3 is 0 Å². The summed E-state index contributed by atoms with van der Waals surface area (Å²) in [5, 5.41) is 19.5. The van der Waals surface area contributed by atoms with Crippen molar-refractivity contribution >= 4 is 23.1 Å². The van der Waals surface area contributed by atoms with Crippen molar-refractivity contribution in [2.75, 3.05) is 26.7 Å². The number of ether oxygens (including phenoxy) is 1. The smallest absolute Gasteiger partial charge is 0.274 e. The molecule has 10 heteroatoms. The maximum atomic E-state index is 12.4. The molecule has 1 aliphatic heterocycles. The van der Waals surface area contributed by atoms with Crippen LogP contribution in [0.2, 0.25) is 0 Å². The Labute approximate surface area is 203 Å².